The molecule has 1 heterocycles. The largest absolute Gasteiger partial charge is 0.494 e. The van der Waals surface area contributed by atoms with Gasteiger partial charge in [-0.3, -0.25) is 4.90 Å². The van der Waals surface area contributed by atoms with E-state index in [2.05, 4.69) is 0 Å². The molecule has 0 aliphatic heterocycles. The number of ether oxygens (including phenoxy) is 1. The summed E-state index contributed by atoms with van der Waals surface area (Å²) in [7, 11) is 0. The standard InChI is InChI=1S/C32H34F2N2O4/c1-32(2,3)40-31(39)36-27(14-15-29(36)37)30(38)28(18-24-16-25(33)19-26(34)17-24)35(20-22-10-6-4-7-11-22)21-23-12-8-5-9-13-23/h4-17,19,28,30,37-38H,18,20-21H2,1-3H3/t28-,30+/m0/s1. The maximum atomic E-state index is 14.2. The lowest BCUT2D eigenvalue weighted by Gasteiger charge is -2.36. The molecule has 8 heteroatoms. The summed E-state index contributed by atoms with van der Waals surface area (Å²) in [6.07, 6.45) is -2.15. The van der Waals surface area contributed by atoms with Crippen LogP contribution in [0.1, 0.15) is 49.3 Å². The summed E-state index contributed by atoms with van der Waals surface area (Å²) < 4.78 is 34.8. The first-order valence-electron chi connectivity index (χ1n) is 13.1. The third-order valence-corrected chi connectivity index (χ3v) is 6.43. The number of aliphatic hydroxyl groups excluding tert-OH is 1. The average Bonchev–Trinajstić information content (AvgIpc) is 3.28. The molecule has 6 nitrogen and oxygen atoms in total. The molecule has 0 fully saturated rings. The first kappa shape index (κ1) is 29.0. The van der Waals surface area contributed by atoms with Gasteiger partial charge in [0.25, 0.3) is 0 Å². The zero-order chi connectivity index (χ0) is 28.9. The van der Waals surface area contributed by atoms with Crippen molar-refractivity contribution in [2.45, 2.75) is 58.0 Å². The van der Waals surface area contributed by atoms with Crippen molar-refractivity contribution in [1.29, 1.82) is 0 Å². The highest BCUT2D eigenvalue weighted by Crippen LogP contribution is 2.31. The Morgan fingerprint density at radius 2 is 1.38 bits per heavy atom. The van der Waals surface area contributed by atoms with Gasteiger partial charge in [-0.15, -0.1) is 0 Å². The number of aromatic nitrogens is 1. The molecule has 4 rings (SSSR count). The highest BCUT2D eigenvalue weighted by molar-refractivity contribution is 5.74. The van der Waals surface area contributed by atoms with Crippen molar-refractivity contribution in [3.05, 3.63) is 125 Å². The zero-order valence-corrected chi connectivity index (χ0v) is 22.8. The van der Waals surface area contributed by atoms with Crippen molar-refractivity contribution in [3.63, 3.8) is 0 Å². The van der Waals surface area contributed by atoms with E-state index in [1.807, 2.05) is 65.6 Å². The number of benzene rings is 3. The number of halogens is 2. The van der Waals surface area contributed by atoms with Gasteiger partial charge in [0.05, 0.1) is 5.69 Å². The maximum absolute atomic E-state index is 14.2. The SMILES string of the molecule is CC(C)(C)OC(=O)n1c(O)ccc1[C@@H](O)[C@H](Cc1cc(F)cc(F)c1)N(Cc1ccccc1)Cc1ccccc1. The Bertz CT molecular complexity index is 1360. The molecule has 0 unspecified atom stereocenters. The first-order chi connectivity index (χ1) is 19.0. The van der Waals surface area contributed by atoms with Crippen molar-refractivity contribution < 1.29 is 28.5 Å². The summed E-state index contributed by atoms with van der Waals surface area (Å²) in [5.41, 5.74) is 1.52. The number of carbonyl (C=O) groups excluding carboxylic acids is 1. The fourth-order valence-corrected chi connectivity index (χ4v) is 4.71. The number of hydrogen-bond acceptors (Lipinski definition) is 5. The second-order valence-corrected chi connectivity index (χ2v) is 10.8. The van der Waals surface area contributed by atoms with Crippen molar-refractivity contribution in [2.75, 3.05) is 0 Å². The highest BCUT2D eigenvalue weighted by Gasteiger charge is 2.33. The summed E-state index contributed by atoms with van der Waals surface area (Å²) >= 11 is 0. The summed E-state index contributed by atoms with van der Waals surface area (Å²) in [6, 6.07) is 24.5. The van der Waals surface area contributed by atoms with Crippen LogP contribution < -0.4 is 0 Å². The van der Waals surface area contributed by atoms with E-state index in [1.165, 1.54) is 24.3 Å². The lowest BCUT2D eigenvalue weighted by molar-refractivity contribution is 0.0272. The van der Waals surface area contributed by atoms with Gasteiger partial charge in [0.1, 0.15) is 23.3 Å². The van der Waals surface area contributed by atoms with Crippen molar-refractivity contribution in [3.8, 4) is 5.88 Å². The number of aliphatic hydroxyl groups is 1. The Hall–Kier alpha value is -4.01. The molecule has 4 aromatic rings. The number of hydrogen-bond donors (Lipinski definition) is 2. The highest BCUT2D eigenvalue weighted by atomic mass is 19.1. The minimum Gasteiger partial charge on any atom is -0.494 e. The molecular weight excluding hydrogens is 514 g/mol. The van der Waals surface area contributed by atoms with Crippen molar-refractivity contribution >= 4 is 6.09 Å². The van der Waals surface area contributed by atoms with Gasteiger partial charge < -0.3 is 14.9 Å². The van der Waals surface area contributed by atoms with Crippen LogP contribution in [-0.4, -0.2) is 37.4 Å². The van der Waals surface area contributed by atoms with E-state index in [4.69, 9.17) is 4.74 Å². The van der Waals surface area contributed by atoms with E-state index >= 15 is 0 Å². The molecule has 0 amide bonds. The topological polar surface area (TPSA) is 74.9 Å². The molecule has 2 N–H and O–H groups in total. The van der Waals surface area contributed by atoms with E-state index < -0.39 is 41.4 Å². The number of aromatic hydroxyl groups is 1. The van der Waals surface area contributed by atoms with E-state index in [0.29, 0.717) is 18.7 Å². The van der Waals surface area contributed by atoms with Gasteiger partial charge in [0.2, 0.25) is 5.88 Å². The second kappa shape index (κ2) is 12.4. The zero-order valence-electron chi connectivity index (χ0n) is 22.8. The Morgan fingerprint density at radius 1 is 0.850 bits per heavy atom. The number of rotatable bonds is 9. The van der Waals surface area contributed by atoms with E-state index in [9.17, 15) is 23.8 Å². The third kappa shape index (κ3) is 7.55. The van der Waals surface area contributed by atoms with Crippen molar-refractivity contribution in [2.24, 2.45) is 0 Å². The van der Waals surface area contributed by atoms with Crippen LogP contribution in [0.15, 0.2) is 91.0 Å². The Morgan fingerprint density at radius 3 is 1.88 bits per heavy atom. The van der Waals surface area contributed by atoms with Crippen LogP contribution in [0.2, 0.25) is 0 Å². The number of carbonyl (C=O) groups is 1. The molecule has 40 heavy (non-hydrogen) atoms. The molecule has 0 aliphatic rings. The smallest absolute Gasteiger partial charge is 0.421 e. The van der Waals surface area contributed by atoms with Crippen molar-refractivity contribution in [1.82, 2.24) is 9.47 Å². The van der Waals surface area contributed by atoms with Crippen LogP contribution in [0.5, 0.6) is 5.88 Å². The van der Waals surface area contributed by atoms with Gasteiger partial charge in [-0.05, 0) is 62.1 Å². The quantitative estimate of drug-likeness (QED) is 0.246. The minimum atomic E-state index is -1.35. The van der Waals surface area contributed by atoms with Gasteiger partial charge in [-0.25, -0.2) is 18.1 Å². The predicted octanol–water partition coefficient (Wildman–Crippen LogP) is 6.60. The monoisotopic (exact) mass is 548 g/mol. The van der Waals surface area contributed by atoms with Gasteiger partial charge in [-0.2, -0.15) is 0 Å². The second-order valence-electron chi connectivity index (χ2n) is 10.8. The molecule has 0 bridgehead atoms. The average molecular weight is 549 g/mol. The van der Waals surface area contributed by atoms with E-state index in [1.54, 1.807) is 20.8 Å². The summed E-state index contributed by atoms with van der Waals surface area (Å²) in [4.78, 5) is 15.0. The van der Waals surface area contributed by atoms with Gasteiger partial charge in [-0.1, -0.05) is 60.7 Å². The molecule has 210 valence electrons. The molecule has 0 saturated carbocycles. The lowest BCUT2D eigenvalue weighted by atomic mass is 9.96. The first-order valence-corrected chi connectivity index (χ1v) is 13.1. The molecule has 0 aliphatic carbocycles. The summed E-state index contributed by atoms with van der Waals surface area (Å²) in [6.45, 7) is 5.89. The van der Waals surface area contributed by atoms with Crippen LogP contribution in [0.4, 0.5) is 13.6 Å². The van der Waals surface area contributed by atoms with Crippen LogP contribution >= 0.6 is 0 Å². The molecule has 0 saturated heterocycles. The third-order valence-electron chi connectivity index (χ3n) is 6.43. The van der Waals surface area contributed by atoms with Crippen LogP contribution in [0, 0.1) is 11.6 Å². The normalized spacial score (nSPS) is 13.3. The van der Waals surface area contributed by atoms with Crippen LogP contribution in [0.25, 0.3) is 0 Å². The fourth-order valence-electron chi connectivity index (χ4n) is 4.71. The Labute approximate surface area is 233 Å². The predicted molar refractivity (Wildman–Crippen MR) is 149 cm³/mol. The maximum Gasteiger partial charge on any atom is 0.421 e. The lowest BCUT2D eigenvalue weighted by Crippen LogP contribution is -2.41. The van der Waals surface area contributed by atoms with Gasteiger partial charge in [0.15, 0.2) is 0 Å². The molecule has 0 radical (unpaired) electrons. The van der Waals surface area contributed by atoms with Gasteiger partial charge >= 0.3 is 6.09 Å². The minimum absolute atomic E-state index is 0.0514. The van der Waals surface area contributed by atoms with Crippen LogP contribution in [0.3, 0.4) is 0 Å². The Balaban J connectivity index is 1.80. The van der Waals surface area contributed by atoms with E-state index in [0.717, 1.165) is 21.8 Å². The summed E-state index contributed by atoms with van der Waals surface area (Å²) in [5.74, 6) is -1.84. The molecular formula is C32H34F2N2O4. The summed E-state index contributed by atoms with van der Waals surface area (Å²) in [5, 5.41) is 22.4. The van der Waals surface area contributed by atoms with Gasteiger partial charge in [0, 0.05) is 31.3 Å². The molecule has 0 spiro atoms. The fraction of sp³-hybridized carbons (Fsp3) is 0.281. The Kier molecular flexibility index (Phi) is 9.02. The van der Waals surface area contributed by atoms with Crippen LogP contribution in [-0.2, 0) is 24.2 Å². The molecule has 3 aromatic carbocycles. The number of nitrogens with zero attached hydrogens (tertiary/aromatic N) is 2. The van der Waals surface area contributed by atoms with E-state index in [-0.39, 0.29) is 12.1 Å². The molecule has 1 aromatic heterocycles. The molecule has 2 atom stereocenters.